The largest absolute Gasteiger partial charge is 0.392 e. The third-order valence-electron chi connectivity index (χ3n) is 0.924. The van der Waals surface area contributed by atoms with Gasteiger partial charge in [0.1, 0.15) is 4.61 Å². The van der Waals surface area contributed by atoms with Crippen molar-refractivity contribution in [3.05, 3.63) is 22.8 Å². The van der Waals surface area contributed by atoms with Crippen molar-refractivity contribution in [1.82, 2.24) is 0 Å². The van der Waals surface area contributed by atoms with Crippen molar-refractivity contribution in [1.29, 1.82) is 0 Å². The lowest BCUT2D eigenvalue weighted by atomic mass is 10.3. The highest BCUT2D eigenvalue weighted by molar-refractivity contribution is 9.11. The highest BCUT2D eigenvalue weighted by Gasteiger charge is 1.94. The third kappa shape index (κ3) is 2.94. The molecule has 0 saturated heterocycles. The van der Waals surface area contributed by atoms with Gasteiger partial charge in [0.25, 0.3) is 0 Å². The molecule has 0 atom stereocenters. The molecule has 0 radical (unpaired) electrons. The zero-order chi connectivity index (χ0) is 7.98. The number of aliphatic imine (C=N–C) groups is 1. The SMILES string of the molecule is C=C/C(CO)=C(/Br)N=CC. The summed E-state index contributed by atoms with van der Waals surface area (Å²) in [6.07, 6.45) is 3.21. The maximum Gasteiger partial charge on any atom is 0.111 e. The lowest BCUT2D eigenvalue weighted by molar-refractivity contribution is 0.334. The third-order valence-corrected chi connectivity index (χ3v) is 1.64. The summed E-state index contributed by atoms with van der Waals surface area (Å²) in [6.45, 7) is 5.28. The highest BCUT2D eigenvalue weighted by Crippen LogP contribution is 2.12. The molecule has 2 nitrogen and oxygen atoms in total. The Hall–Kier alpha value is -0.410. The molecule has 0 fully saturated rings. The first-order chi connectivity index (χ1) is 4.76. The first kappa shape index (κ1) is 9.59. The minimum Gasteiger partial charge on any atom is -0.392 e. The Bertz CT molecular complexity index is 172. The topological polar surface area (TPSA) is 32.6 Å². The molecule has 0 amide bonds. The van der Waals surface area contributed by atoms with Gasteiger partial charge in [-0.15, -0.1) is 0 Å². The average Bonchev–Trinajstić information content (AvgIpc) is 1.91. The molecule has 0 bridgehead atoms. The number of nitrogens with zero attached hydrogens (tertiary/aromatic N) is 1. The molecule has 1 N–H and O–H groups in total. The predicted molar refractivity (Wildman–Crippen MR) is 47.4 cm³/mol. The lowest BCUT2D eigenvalue weighted by Crippen LogP contribution is -1.87. The Labute approximate surface area is 69.1 Å². The Balaban J connectivity index is 4.42. The van der Waals surface area contributed by atoms with Gasteiger partial charge in [-0.05, 0) is 22.9 Å². The van der Waals surface area contributed by atoms with E-state index in [-0.39, 0.29) is 6.61 Å². The van der Waals surface area contributed by atoms with Gasteiger partial charge in [-0.25, -0.2) is 0 Å². The van der Waals surface area contributed by atoms with Crippen molar-refractivity contribution in [3.8, 4) is 0 Å². The second kappa shape index (κ2) is 5.38. The van der Waals surface area contributed by atoms with E-state index in [1.54, 1.807) is 19.2 Å². The van der Waals surface area contributed by atoms with Crippen molar-refractivity contribution in [2.24, 2.45) is 4.99 Å². The van der Waals surface area contributed by atoms with E-state index in [9.17, 15) is 0 Å². The molecule has 0 saturated carbocycles. The van der Waals surface area contributed by atoms with Crippen LogP contribution < -0.4 is 0 Å². The second-order valence-corrected chi connectivity index (χ2v) is 2.32. The van der Waals surface area contributed by atoms with Crippen LogP contribution in [0.2, 0.25) is 0 Å². The molecule has 0 heterocycles. The summed E-state index contributed by atoms with van der Waals surface area (Å²) in [6, 6.07) is 0. The van der Waals surface area contributed by atoms with E-state index in [0.29, 0.717) is 10.2 Å². The molecule has 0 aliphatic carbocycles. The Morgan fingerprint density at radius 2 is 2.40 bits per heavy atom. The van der Waals surface area contributed by atoms with Crippen LogP contribution in [-0.4, -0.2) is 17.9 Å². The van der Waals surface area contributed by atoms with E-state index < -0.39 is 0 Å². The maximum atomic E-state index is 8.69. The van der Waals surface area contributed by atoms with Gasteiger partial charge in [0.2, 0.25) is 0 Å². The van der Waals surface area contributed by atoms with Gasteiger partial charge in [0, 0.05) is 11.8 Å². The van der Waals surface area contributed by atoms with Gasteiger partial charge in [0.05, 0.1) is 6.61 Å². The van der Waals surface area contributed by atoms with Gasteiger partial charge >= 0.3 is 0 Å². The monoisotopic (exact) mass is 203 g/mol. The van der Waals surface area contributed by atoms with E-state index in [0.717, 1.165) is 0 Å². The van der Waals surface area contributed by atoms with Crippen LogP contribution in [0, 0.1) is 0 Å². The molecule has 0 aromatic heterocycles. The van der Waals surface area contributed by atoms with E-state index in [1.165, 1.54) is 0 Å². The number of hydrogen-bond donors (Lipinski definition) is 1. The molecule has 10 heavy (non-hydrogen) atoms. The van der Waals surface area contributed by atoms with Crippen LogP contribution in [0.15, 0.2) is 27.8 Å². The summed E-state index contributed by atoms with van der Waals surface area (Å²) in [5, 5.41) is 8.69. The van der Waals surface area contributed by atoms with Crippen LogP contribution in [0.25, 0.3) is 0 Å². The van der Waals surface area contributed by atoms with Crippen LogP contribution >= 0.6 is 15.9 Å². The van der Waals surface area contributed by atoms with Crippen LogP contribution in [0.4, 0.5) is 0 Å². The smallest absolute Gasteiger partial charge is 0.111 e. The fourth-order valence-corrected chi connectivity index (χ4v) is 0.902. The molecule has 0 aliphatic heterocycles. The van der Waals surface area contributed by atoms with E-state index in [1.807, 2.05) is 0 Å². The normalized spacial score (nSPS) is 13.5. The van der Waals surface area contributed by atoms with Crippen LogP contribution in [0.3, 0.4) is 0 Å². The average molecular weight is 204 g/mol. The fourth-order valence-electron chi connectivity index (χ4n) is 0.410. The van der Waals surface area contributed by atoms with Crippen LogP contribution in [0.5, 0.6) is 0 Å². The quantitative estimate of drug-likeness (QED) is 0.424. The molecule has 0 aromatic rings. The van der Waals surface area contributed by atoms with Crippen molar-refractivity contribution in [2.75, 3.05) is 6.61 Å². The number of halogens is 1. The maximum absolute atomic E-state index is 8.69. The van der Waals surface area contributed by atoms with Gasteiger partial charge in [0.15, 0.2) is 0 Å². The molecular formula is C7H10BrNO. The molecule has 0 aliphatic rings. The molecule has 0 unspecified atom stereocenters. The van der Waals surface area contributed by atoms with Crippen LogP contribution in [0.1, 0.15) is 6.92 Å². The molecule has 0 spiro atoms. The Kier molecular flexibility index (Phi) is 5.16. The van der Waals surface area contributed by atoms with Crippen LogP contribution in [-0.2, 0) is 0 Å². The Morgan fingerprint density at radius 3 is 2.70 bits per heavy atom. The first-order valence-electron chi connectivity index (χ1n) is 2.86. The summed E-state index contributed by atoms with van der Waals surface area (Å²) in [4.78, 5) is 3.91. The van der Waals surface area contributed by atoms with E-state index >= 15 is 0 Å². The molecule has 3 heteroatoms. The number of hydrogen-bond acceptors (Lipinski definition) is 2. The van der Waals surface area contributed by atoms with Gasteiger partial charge in [-0.1, -0.05) is 12.7 Å². The summed E-state index contributed by atoms with van der Waals surface area (Å²) in [5.41, 5.74) is 0.693. The number of aliphatic hydroxyl groups excluding tert-OH is 1. The molecule has 0 rings (SSSR count). The zero-order valence-electron chi connectivity index (χ0n) is 5.84. The molecule has 56 valence electrons. The molecule has 0 aromatic carbocycles. The van der Waals surface area contributed by atoms with Gasteiger partial charge < -0.3 is 5.11 Å². The predicted octanol–water partition coefficient (Wildman–Crippen LogP) is 1.86. The van der Waals surface area contributed by atoms with Gasteiger partial charge in [-0.2, -0.15) is 0 Å². The van der Waals surface area contributed by atoms with Crippen molar-refractivity contribution in [3.63, 3.8) is 0 Å². The minimum atomic E-state index is -0.0403. The second-order valence-electron chi connectivity index (χ2n) is 1.57. The zero-order valence-corrected chi connectivity index (χ0v) is 7.43. The fraction of sp³-hybridized carbons (Fsp3) is 0.286. The van der Waals surface area contributed by atoms with E-state index in [2.05, 4.69) is 27.5 Å². The number of aliphatic hydroxyl groups is 1. The van der Waals surface area contributed by atoms with Crippen molar-refractivity contribution in [2.45, 2.75) is 6.92 Å². The summed E-state index contributed by atoms with van der Waals surface area (Å²) >= 11 is 3.18. The van der Waals surface area contributed by atoms with E-state index in [4.69, 9.17) is 5.11 Å². The highest BCUT2D eigenvalue weighted by atomic mass is 79.9. The summed E-state index contributed by atoms with van der Waals surface area (Å²) in [7, 11) is 0. The summed E-state index contributed by atoms with van der Waals surface area (Å²) in [5.74, 6) is 0. The summed E-state index contributed by atoms with van der Waals surface area (Å²) < 4.78 is 0.632. The van der Waals surface area contributed by atoms with Gasteiger partial charge in [-0.3, -0.25) is 4.99 Å². The van der Waals surface area contributed by atoms with Crippen molar-refractivity contribution < 1.29 is 5.11 Å². The molecular weight excluding hydrogens is 194 g/mol. The lowest BCUT2D eigenvalue weighted by Gasteiger charge is -1.95. The first-order valence-corrected chi connectivity index (χ1v) is 3.66. The number of rotatable bonds is 3. The minimum absolute atomic E-state index is 0.0403. The Morgan fingerprint density at radius 1 is 1.80 bits per heavy atom. The van der Waals surface area contributed by atoms with Crippen molar-refractivity contribution >= 4 is 22.1 Å². The standard InChI is InChI=1S/C7H10BrNO/c1-3-6(5-10)7(8)9-4-2/h3-4,10H,1,5H2,2H3/b7-6+,9-4?.